The summed E-state index contributed by atoms with van der Waals surface area (Å²) in [5, 5.41) is 8.65. The zero-order valence-electron chi connectivity index (χ0n) is 7.26. The molecule has 0 atom stereocenters. The Morgan fingerprint density at radius 2 is 1.92 bits per heavy atom. The van der Waals surface area contributed by atoms with Crippen molar-refractivity contribution < 1.29 is 5.11 Å². The van der Waals surface area contributed by atoms with Crippen LogP contribution in [0.15, 0.2) is 18.2 Å². The zero-order valence-corrected chi connectivity index (χ0v) is 11.6. The molecule has 0 heterocycles. The highest BCUT2D eigenvalue weighted by atomic mass is 127. The quantitative estimate of drug-likeness (QED) is 0.606. The van der Waals surface area contributed by atoms with Gasteiger partial charge >= 0.3 is 0 Å². The molecule has 0 amide bonds. The molecule has 0 saturated carbocycles. The smallest absolute Gasteiger partial charge is 0.0431 e. The molecular weight excluding hydrogens is 390 g/mol. The summed E-state index contributed by atoms with van der Waals surface area (Å²) in [4.78, 5) is 0. The predicted molar refractivity (Wildman–Crippen MR) is 71.9 cm³/mol. The summed E-state index contributed by atoms with van der Waals surface area (Å²) in [5.41, 5.74) is 1.40. The molecule has 13 heavy (non-hydrogen) atoms. The Balaban J connectivity index is 2.56. The summed E-state index contributed by atoms with van der Waals surface area (Å²) in [6, 6.07) is 6.51. The van der Waals surface area contributed by atoms with Gasteiger partial charge in [-0.15, -0.1) is 0 Å². The number of hydrogen-bond donors (Lipinski definition) is 1. The van der Waals surface area contributed by atoms with Gasteiger partial charge in [-0.3, -0.25) is 0 Å². The molecule has 0 aliphatic carbocycles. The Hall–Kier alpha value is 0.640. The van der Waals surface area contributed by atoms with E-state index in [9.17, 15) is 0 Å². The summed E-state index contributed by atoms with van der Waals surface area (Å²) in [6.07, 6.45) is 3.06. The maximum atomic E-state index is 8.65. The Kier molecular flexibility index (Phi) is 5.57. The lowest BCUT2D eigenvalue weighted by molar-refractivity contribution is 0.284. The molecular formula is C10H12I2O. The van der Waals surface area contributed by atoms with E-state index >= 15 is 0 Å². The second-order valence-electron chi connectivity index (χ2n) is 2.92. The van der Waals surface area contributed by atoms with Crippen LogP contribution in [0.3, 0.4) is 0 Å². The number of hydrogen-bond acceptors (Lipinski definition) is 1. The first-order valence-electron chi connectivity index (χ1n) is 4.29. The van der Waals surface area contributed by atoms with Crippen molar-refractivity contribution >= 4 is 45.2 Å². The van der Waals surface area contributed by atoms with E-state index in [0.29, 0.717) is 6.61 Å². The lowest BCUT2D eigenvalue weighted by Gasteiger charge is -2.03. The molecule has 0 aromatic heterocycles. The van der Waals surface area contributed by atoms with E-state index < -0.39 is 0 Å². The Labute approximate surface area is 106 Å². The molecule has 0 saturated heterocycles. The Bertz CT molecular complexity index is 274. The molecule has 0 aliphatic heterocycles. The van der Waals surface area contributed by atoms with E-state index in [2.05, 4.69) is 63.4 Å². The van der Waals surface area contributed by atoms with Gasteiger partial charge in [0.15, 0.2) is 0 Å². The minimum Gasteiger partial charge on any atom is -0.396 e. The van der Waals surface area contributed by atoms with Crippen LogP contribution in [0, 0.1) is 7.14 Å². The van der Waals surface area contributed by atoms with Crippen molar-refractivity contribution in [3.05, 3.63) is 30.9 Å². The molecule has 1 aromatic rings. The van der Waals surface area contributed by atoms with Crippen LogP contribution in [0.4, 0.5) is 0 Å². The molecule has 0 bridgehead atoms. The van der Waals surface area contributed by atoms with Crippen LogP contribution >= 0.6 is 45.2 Å². The molecule has 0 unspecified atom stereocenters. The number of aliphatic hydroxyl groups excluding tert-OH is 1. The van der Waals surface area contributed by atoms with Gasteiger partial charge in [0, 0.05) is 13.7 Å². The van der Waals surface area contributed by atoms with E-state index in [0.717, 1.165) is 19.3 Å². The second-order valence-corrected chi connectivity index (χ2v) is 5.32. The van der Waals surface area contributed by atoms with Crippen LogP contribution in [-0.2, 0) is 6.42 Å². The van der Waals surface area contributed by atoms with E-state index in [-0.39, 0.29) is 0 Å². The van der Waals surface area contributed by atoms with Gasteiger partial charge in [0.25, 0.3) is 0 Å². The lowest BCUT2D eigenvalue weighted by atomic mass is 10.1. The number of benzene rings is 1. The topological polar surface area (TPSA) is 20.2 Å². The van der Waals surface area contributed by atoms with Gasteiger partial charge in [-0.05, 0) is 82.1 Å². The van der Waals surface area contributed by atoms with Crippen molar-refractivity contribution in [3.8, 4) is 0 Å². The van der Waals surface area contributed by atoms with Crippen LogP contribution in [0.5, 0.6) is 0 Å². The van der Waals surface area contributed by atoms with Crippen molar-refractivity contribution in [2.75, 3.05) is 6.61 Å². The first-order valence-corrected chi connectivity index (χ1v) is 6.44. The van der Waals surface area contributed by atoms with Crippen molar-refractivity contribution in [1.82, 2.24) is 0 Å². The normalized spacial score (nSPS) is 10.4. The largest absolute Gasteiger partial charge is 0.396 e. The second kappa shape index (κ2) is 6.19. The molecule has 0 fully saturated rings. The fraction of sp³-hybridized carbons (Fsp3) is 0.400. The molecule has 0 radical (unpaired) electrons. The Morgan fingerprint density at radius 1 is 1.15 bits per heavy atom. The van der Waals surface area contributed by atoms with Crippen molar-refractivity contribution in [3.63, 3.8) is 0 Å². The van der Waals surface area contributed by atoms with Gasteiger partial charge in [-0.25, -0.2) is 0 Å². The van der Waals surface area contributed by atoms with E-state index in [1.54, 1.807) is 0 Å². The average molecular weight is 402 g/mol. The van der Waals surface area contributed by atoms with Gasteiger partial charge in [-0.1, -0.05) is 6.07 Å². The standard InChI is InChI=1S/C10H12I2O/c11-9-5-4-8(10(12)7-9)3-1-2-6-13/h4-5,7,13H,1-3,6H2. The first kappa shape index (κ1) is 11.7. The fourth-order valence-electron chi connectivity index (χ4n) is 1.15. The van der Waals surface area contributed by atoms with Crippen molar-refractivity contribution in [1.29, 1.82) is 0 Å². The van der Waals surface area contributed by atoms with Crippen LogP contribution in [0.2, 0.25) is 0 Å². The molecule has 3 heteroatoms. The average Bonchev–Trinajstić information content (AvgIpc) is 2.09. The first-order chi connectivity index (χ1) is 6.24. The van der Waals surface area contributed by atoms with Crippen LogP contribution in [-0.4, -0.2) is 11.7 Å². The van der Waals surface area contributed by atoms with Gasteiger partial charge in [0.1, 0.15) is 0 Å². The highest BCUT2D eigenvalue weighted by Crippen LogP contribution is 2.17. The molecule has 1 aromatic carbocycles. The molecule has 72 valence electrons. The SMILES string of the molecule is OCCCCc1ccc(I)cc1I. The molecule has 0 spiro atoms. The van der Waals surface area contributed by atoms with Crippen LogP contribution in [0.1, 0.15) is 18.4 Å². The number of unbranched alkanes of at least 4 members (excludes halogenated alkanes) is 1. The number of rotatable bonds is 4. The molecule has 1 rings (SSSR count). The fourth-order valence-corrected chi connectivity index (χ4v) is 3.02. The molecule has 0 aliphatic rings. The molecule has 1 N–H and O–H groups in total. The van der Waals surface area contributed by atoms with Gasteiger partial charge in [0.2, 0.25) is 0 Å². The third kappa shape index (κ3) is 4.12. The number of aryl methyl sites for hydroxylation is 1. The van der Waals surface area contributed by atoms with Crippen molar-refractivity contribution in [2.45, 2.75) is 19.3 Å². The third-order valence-electron chi connectivity index (χ3n) is 1.87. The minimum absolute atomic E-state index is 0.306. The summed E-state index contributed by atoms with van der Waals surface area (Å²) in [6.45, 7) is 0.306. The maximum absolute atomic E-state index is 8.65. The monoisotopic (exact) mass is 402 g/mol. The van der Waals surface area contributed by atoms with E-state index in [1.807, 2.05) is 0 Å². The number of aliphatic hydroxyl groups is 1. The van der Waals surface area contributed by atoms with Crippen LogP contribution < -0.4 is 0 Å². The molecule has 1 nitrogen and oxygen atoms in total. The van der Waals surface area contributed by atoms with Crippen molar-refractivity contribution in [2.24, 2.45) is 0 Å². The summed E-state index contributed by atoms with van der Waals surface area (Å²) < 4.78 is 2.62. The van der Waals surface area contributed by atoms with E-state index in [1.165, 1.54) is 12.7 Å². The predicted octanol–water partition coefficient (Wildman–Crippen LogP) is 3.21. The third-order valence-corrected chi connectivity index (χ3v) is 3.54. The van der Waals surface area contributed by atoms with E-state index in [4.69, 9.17) is 5.11 Å². The van der Waals surface area contributed by atoms with Crippen LogP contribution in [0.25, 0.3) is 0 Å². The summed E-state index contributed by atoms with van der Waals surface area (Å²) in [5.74, 6) is 0. The lowest BCUT2D eigenvalue weighted by Crippen LogP contribution is -1.92. The Morgan fingerprint density at radius 3 is 2.54 bits per heavy atom. The van der Waals surface area contributed by atoms with Gasteiger partial charge < -0.3 is 5.11 Å². The minimum atomic E-state index is 0.306. The highest BCUT2D eigenvalue weighted by molar-refractivity contribution is 14.1. The van der Waals surface area contributed by atoms with Gasteiger partial charge in [-0.2, -0.15) is 0 Å². The maximum Gasteiger partial charge on any atom is 0.0431 e. The summed E-state index contributed by atoms with van der Waals surface area (Å²) in [7, 11) is 0. The zero-order chi connectivity index (χ0) is 9.68. The number of halogens is 2. The van der Waals surface area contributed by atoms with Gasteiger partial charge in [0.05, 0.1) is 0 Å². The summed E-state index contributed by atoms with van der Waals surface area (Å²) >= 11 is 4.69. The highest BCUT2D eigenvalue weighted by Gasteiger charge is 1.99.